The monoisotopic (exact) mass is 435 g/mol. The minimum absolute atomic E-state index is 0.000902. The SMILES string of the molecule is NC(=O)C1CCN(C(=O)COc2ccc(S(=O)(=O)Nc3ccc(F)cc3)cc2)CC1. The van der Waals surface area contributed by atoms with E-state index >= 15 is 0 Å². The molecule has 160 valence electrons. The van der Waals surface area contributed by atoms with Crippen molar-refractivity contribution in [3.63, 3.8) is 0 Å². The van der Waals surface area contributed by atoms with Crippen molar-refractivity contribution in [2.24, 2.45) is 11.7 Å². The second kappa shape index (κ2) is 9.12. The first-order valence-electron chi connectivity index (χ1n) is 9.33. The van der Waals surface area contributed by atoms with Gasteiger partial charge >= 0.3 is 0 Å². The number of likely N-dealkylation sites (tertiary alicyclic amines) is 1. The molecule has 2 amide bonds. The Hall–Kier alpha value is -3.14. The average Bonchev–Trinajstić information content (AvgIpc) is 2.74. The fourth-order valence-electron chi connectivity index (χ4n) is 3.10. The average molecular weight is 435 g/mol. The Morgan fingerprint density at radius 3 is 2.23 bits per heavy atom. The number of hydrogen-bond acceptors (Lipinski definition) is 5. The number of sulfonamides is 1. The van der Waals surface area contributed by atoms with Gasteiger partial charge in [-0.15, -0.1) is 0 Å². The molecule has 0 saturated carbocycles. The number of carbonyl (C=O) groups excluding carboxylic acids is 2. The largest absolute Gasteiger partial charge is 0.484 e. The van der Waals surface area contributed by atoms with Crippen LogP contribution in [0.1, 0.15) is 12.8 Å². The van der Waals surface area contributed by atoms with Gasteiger partial charge in [0, 0.05) is 24.7 Å². The fraction of sp³-hybridized carbons (Fsp3) is 0.300. The van der Waals surface area contributed by atoms with Crippen LogP contribution in [-0.2, 0) is 19.6 Å². The molecule has 2 aromatic rings. The van der Waals surface area contributed by atoms with Gasteiger partial charge in [-0.2, -0.15) is 0 Å². The first kappa shape index (κ1) is 21.6. The van der Waals surface area contributed by atoms with Crippen LogP contribution in [0.15, 0.2) is 53.4 Å². The quantitative estimate of drug-likeness (QED) is 0.687. The lowest BCUT2D eigenvalue weighted by Gasteiger charge is -2.30. The summed E-state index contributed by atoms with van der Waals surface area (Å²) in [6.45, 7) is 0.700. The number of primary amides is 1. The number of nitrogens with one attached hydrogen (secondary N) is 1. The Morgan fingerprint density at radius 2 is 1.67 bits per heavy atom. The number of ether oxygens (including phenoxy) is 1. The number of nitrogens with two attached hydrogens (primary N) is 1. The van der Waals surface area contributed by atoms with Gasteiger partial charge in [0.25, 0.3) is 15.9 Å². The van der Waals surface area contributed by atoms with E-state index in [0.29, 0.717) is 31.7 Å². The Kier molecular flexibility index (Phi) is 6.56. The second-order valence-electron chi connectivity index (χ2n) is 6.93. The summed E-state index contributed by atoms with van der Waals surface area (Å²) in [7, 11) is -3.84. The summed E-state index contributed by atoms with van der Waals surface area (Å²) in [5, 5.41) is 0. The summed E-state index contributed by atoms with van der Waals surface area (Å²) in [6.07, 6.45) is 1.07. The third-order valence-corrected chi connectivity index (χ3v) is 6.24. The molecule has 1 fully saturated rings. The third-order valence-electron chi connectivity index (χ3n) is 4.84. The summed E-state index contributed by atoms with van der Waals surface area (Å²) in [4.78, 5) is 25.1. The predicted molar refractivity (Wildman–Crippen MR) is 108 cm³/mol. The van der Waals surface area contributed by atoms with E-state index in [1.165, 1.54) is 36.4 Å². The molecule has 3 N–H and O–H groups in total. The topological polar surface area (TPSA) is 119 Å². The second-order valence-corrected chi connectivity index (χ2v) is 8.61. The molecular formula is C20H22FN3O5S. The van der Waals surface area contributed by atoms with E-state index in [1.807, 2.05) is 0 Å². The van der Waals surface area contributed by atoms with Gasteiger partial charge in [0.05, 0.1) is 4.90 Å². The van der Waals surface area contributed by atoms with Gasteiger partial charge < -0.3 is 15.4 Å². The summed E-state index contributed by atoms with van der Waals surface area (Å²) in [5.41, 5.74) is 5.52. The van der Waals surface area contributed by atoms with Crippen LogP contribution >= 0.6 is 0 Å². The molecule has 0 aromatic heterocycles. The molecule has 2 aromatic carbocycles. The molecule has 0 bridgehead atoms. The number of rotatable bonds is 7. The third kappa shape index (κ3) is 5.47. The van der Waals surface area contributed by atoms with Crippen molar-refractivity contribution in [1.29, 1.82) is 0 Å². The molecule has 0 atom stereocenters. The highest BCUT2D eigenvalue weighted by molar-refractivity contribution is 7.92. The van der Waals surface area contributed by atoms with Crippen molar-refractivity contribution >= 4 is 27.5 Å². The number of benzene rings is 2. The summed E-state index contributed by atoms with van der Waals surface area (Å²) in [6, 6.07) is 10.6. The highest BCUT2D eigenvalue weighted by Gasteiger charge is 2.26. The van der Waals surface area contributed by atoms with Crippen LogP contribution in [-0.4, -0.2) is 44.8 Å². The zero-order valence-corrected chi connectivity index (χ0v) is 16.9. The minimum Gasteiger partial charge on any atom is -0.484 e. The van der Waals surface area contributed by atoms with Gasteiger partial charge in [-0.3, -0.25) is 14.3 Å². The maximum atomic E-state index is 12.9. The fourth-order valence-corrected chi connectivity index (χ4v) is 4.16. The van der Waals surface area contributed by atoms with E-state index in [2.05, 4.69) is 4.72 Å². The lowest BCUT2D eigenvalue weighted by molar-refractivity contribution is -0.136. The normalized spacial score (nSPS) is 14.9. The molecule has 0 aliphatic carbocycles. The number of piperidine rings is 1. The van der Waals surface area contributed by atoms with Gasteiger partial charge in [0.15, 0.2) is 6.61 Å². The molecule has 3 rings (SSSR count). The number of carbonyl (C=O) groups is 2. The van der Waals surface area contributed by atoms with Crippen LogP contribution < -0.4 is 15.2 Å². The molecule has 1 aliphatic rings. The van der Waals surface area contributed by atoms with Crippen LogP contribution in [0.25, 0.3) is 0 Å². The first-order valence-corrected chi connectivity index (χ1v) is 10.8. The van der Waals surface area contributed by atoms with Crippen molar-refractivity contribution in [3.8, 4) is 5.75 Å². The molecule has 0 unspecified atom stereocenters. The van der Waals surface area contributed by atoms with Crippen molar-refractivity contribution in [1.82, 2.24) is 4.90 Å². The Bertz CT molecular complexity index is 1000. The smallest absolute Gasteiger partial charge is 0.261 e. The zero-order chi connectivity index (χ0) is 21.7. The number of hydrogen-bond donors (Lipinski definition) is 2. The molecule has 1 heterocycles. The number of halogens is 1. The van der Waals surface area contributed by atoms with Gasteiger partial charge in [0.1, 0.15) is 11.6 Å². The van der Waals surface area contributed by atoms with E-state index in [1.54, 1.807) is 4.90 Å². The van der Waals surface area contributed by atoms with Gasteiger partial charge in [0.2, 0.25) is 5.91 Å². The van der Waals surface area contributed by atoms with Crippen LogP contribution in [0.3, 0.4) is 0 Å². The maximum Gasteiger partial charge on any atom is 0.261 e. The molecule has 1 aliphatic heterocycles. The molecule has 1 saturated heterocycles. The molecule has 0 radical (unpaired) electrons. The van der Waals surface area contributed by atoms with E-state index < -0.39 is 15.8 Å². The summed E-state index contributed by atoms with van der Waals surface area (Å²) >= 11 is 0. The zero-order valence-electron chi connectivity index (χ0n) is 16.1. The maximum absolute atomic E-state index is 12.9. The number of amides is 2. The van der Waals surface area contributed by atoms with Crippen LogP contribution in [0.5, 0.6) is 5.75 Å². The molecule has 8 nitrogen and oxygen atoms in total. The van der Waals surface area contributed by atoms with Gasteiger partial charge in [-0.1, -0.05) is 0 Å². The first-order chi connectivity index (χ1) is 14.2. The van der Waals surface area contributed by atoms with Crippen LogP contribution in [0, 0.1) is 11.7 Å². The standard InChI is InChI=1S/C20H22FN3O5S/c21-15-1-3-16(4-2-15)23-30(27,28)18-7-5-17(6-8-18)29-13-19(25)24-11-9-14(10-12-24)20(22)26/h1-8,14,23H,9-13H2,(H2,22,26). The Balaban J connectivity index is 1.53. The Morgan fingerprint density at radius 1 is 1.07 bits per heavy atom. The molecule has 10 heteroatoms. The number of nitrogens with zero attached hydrogens (tertiary/aromatic N) is 1. The molecule has 0 spiro atoms. The summed E-state index contributed by atoms with van der Waals surface area (Å²) in [5.74, 6) is -0.884. The predicted octanol–water partition coefficient (Wildman–Crippen LogP) is 1.73. The van der Waals surface area contributed by atoms with E-state index in [9.17, 15) is 22.4 Å². The minimum atomic E-state index is -3.84. The van der Waals surface area contributed by atoms with E-state index in [4.69, 9.17) is 10.5 Å². The Labute approximate surface area is 173 Å². The van der Waals surface area contributed by atoms with Crippen molar-refractivity contribution < 1.29 is 27.1 Å². The van der Waals surface area contributed by atoms with E-state index in [-0.39, 0.29) is 34.9 Å². The molecule has 30 heavy (non-hydrogen) atoms. The van der Waals surface area contributed by atoms with Gasteiger partial charge in [-0.25, -0.2) is 12.8 Å². The molecular weight excluding hydrogens is 413 g/mol. The van der Waals surface area contributed by atoms with Crippen molar-refractivity contribution in [2.75, 3.05) is 24.4 Å². The van der Waals surface area contributed by atoms with Gasteiger partial charge in [-0.05, 0) is 61.4 Å². The summed E-state index contributed by atoms with van der Waals surface area (Å²) < 4.78 is 45.6. The van der Waals surface area contributed by atoms with Crippen LogP contribution in [0.2, 0.25) is 0 Å². The number of anilines is 1. The highest BCUT2D eigenvalue weighted by atomic mass is 32.2. The van der Waals surface area contributed by atoms with Crippen molar-refractivity contribution in [3.05, 3.63) is 54.3 Å². The van der Waals surface area contributed by atoms with Crippen LogP contribution in [0.4, 0.5) is 10.1 Å². The highest BCUT2D eigenvalue weighted by Crippen LogP contribution is 2.20. The van der Waals surface area contributed by atoms with E-state index in [0.717, 1.165) is 12.1 Å². The lowest BCUT2D eigenvalue weighted by atomic mass is 9.96. The lowest BCUT2D eigenvalue weighted by Crippen LogP contribution is -2.43. The van der Waals surface area contributed by atoms with Crippen molar-refractivity contribution in [2.45, 2.75) is 17.7 Å².